The molecule has 33 heavy (non-hydrogen) atoms. The number of aromatic nitrogens is 1. The molecule has 5 nitrogen and oxygen atoms in total. The number of allylic oxidation sites excluding steroid dienone is 1. The minimum atomic E-state index is -0.439. The van der Waals surface area contributed by atoms with Gasteiger partial charge in [-0.3, -0.25) is 4.48 Å². The normalized spacial score (nSPS) is 23.6. The molecule has 0 amide bonds. The van der Waals surface area contributed by atoms with Crippen LogP contribution in [0.15, 0.2) is 82.5 Å². The average molecular weight is 442 g/mol. The van der Waals surface area contributed by atoms with E-state index in [9.17, 15) is 0 Å². The molecule has 3 aliphatic rings. The van der Waals surface area contributed by atoms with Crippen molar-refractivity contribution in [3.63, 3.8) is 0 Å². The van der Waals surface area contributed by atoms with Crippen LogP contribution in [0.25, 0.3) is 0 Å². The summed E-state index contributed by atoms with van der Waals surface area (Å²) in [6, 6.07) is 18.6. The lowest BCUT2D eigenvalue weighted by molar-refractivity contribution is -0.793. The molecule has 2 atom stereocenters. The molecule has 1 fully saturated rings. The second-order valence-corrected chi connectivity index (χ2v) is 9.85. The highest BCUT2D eigenvalue weighted by Crippen LogP contribution is 2.51. The molecule has 2 unspecified atom stereocenters. The zero-order valence-corrected chi connectivity index (χ0v) is 19.4. The number of fused-ring (bicyclic) bond motifs is 3. The summed E-state index contributed by atoms with van der Waals surface area (Å²) in [5.74, 6) is 2.66. The number of quaternary nitrogens is 1. The van der Waals surface area contributed by atoms with E-state index in [-0.39, 0.29) is 6.10 Å². The predicted molar refractivity (Wildman–Crippen MR) is 126 cm³/mol. The van der Waals surface area contributed by atoms with Gasteiger partial charge in [-0.25, -0.2) is 0 Å². The number of para-hydroxylation sites is 2. The van der Waals surface area contributed by atoms with Crippen molar-refractivity contribution in [2.45, 2.75) is 38.8 Å². The average Bonchev–Trinajstić information content (AvgIpc) is 3.10. The fourth-order valence-electron chi connectivity index (χ4n) is 5.34. The van der Waals surface area contributed by atoms with E-state index in [0.717, 1.165) is 58.2 Å². The third-order valence-electron chi connectivity index (χ3n) is 7.28. The quantitative estimate of drug-likeness (QED) is 0.279. The van der Waals surface area contributed by atoms with Crippen molar-refractivity contribution >= 4 is 0 Å². The zero-order chi connectivity index (χ0) is 22.6. The van der Waals surface area contributed by atoms with Crippen molar-refractivity contribution in [1.29, 1.82) is 0 Å². The number of ether oxygens (including phenoxy) is 2. The van der Waals surface area contributed by atoms with Crippen LogP contribution in [-0.2, 0) is 16.7 Å². The molecule has 3 aromatic rings. The lowest BCUT2D eigenvalue weighted by atomic mass is 9.71. The third-order valence-corrected chi connectivity index (χ3v) is 7.28. The molecule has 1 saturated heterocycles. The second-order valence-electron chi connectivity index (χ2n) is 9.85. The second kappa shape index (κ2) is 7.44. The van der Waals surface area contributed by atoms with Crippen molar-refractivity contribution < 1.29 is 18.5 Å². The van der Waals surface area contributed by atoms with E-state index in [4.69, 9.17) is 14.0 Å². The first-order valence-corrected chi connectivity index (χ1v) is 11.6. The Kier molecular flexibility index (Phi) is 4.61. The van der Waals surface area contributed by atoms with Gasteiger partial charge in [0, 0.05) is 23.3 Å². The summed E-state index contributed by atoms with van der Waals surface area (Å²) in [7, 11) is 0. The van der Waals surface area contributed by atoms with Gasteiger partial charge in [-0.05, 0) is 32.9 Å². The highest BCUT2D eigenvalue weighted by atomic mass is 16.5. The van der Waals surface area contributed by atoms with E-state index < -0.39 is 5.41 Å². The van der Waals surface area contributed by atoms with Crippen LogP contribution in [0.3, 0.4) is 0 Å². The Labute approximate surface area is 194 Å². The van der Waals surface area contributed by atoms with E-state index >= 15 is 0 Å². The molecule has 0 radical (unpaired) electrons. The topological polar surface area (TPSA) is 44.5 Å². The zero-order valence-electron chi connectivity index (χ0n) is 19.4. The third kappa shape index (κ3) is 3.35. The van der Waals surface area contributed by atoms with Gasteiger partial charge in [0.2, 0.25) is 0 Å². The molecule has 4 heterocycles. The molecule has 0 N–H and O–H groups in total. The molecule has 168 valence electrons. The lowest BCUT2D eigenvalue weighted by Gasteiger charge is -2.35. The molecular weight excluding hydrogens is 412 g/mol. The highest BCUT2D eigenvalue weighted by Gasteiger charge is 2.57. The van der Waals surface area contributed by atoms with Gasteiger partial charge in [-0.2, -0.15) is 0 Å². The van der Waals surface area contributed by atoms with Crippen LogP contribution in [0.2, 0.25) is 0 Å². The van der Waals surface area contributed by atoms with Crippen molar-refractivity contribution in [2.75, 3.05) is 19.7 Å². The van der Waals surface area contributed by atoms with Crippen molar-refractivity contribution in [3.05, 3.63) is 101 Å². The predicted octanol–water partition coefficient (Wildman–Crippen LogP) is 5.71. The molecule has 6 rings (SSSR count). The minimum Gasteiger partial charge on any atom is -0.457 e. The summed E-state index contributed by atoms with van der Waals surface area (Å²) >= 11 is 0. The smallest absolute Gasteiger partial charge is 0.191 e. The Balaban J connectivity index is 1.27. The molecule has 0 aliphatic carbocycles. The largest absolute Gasteiger partial charge is 0.457 e. The van der Waals surface area contributed by atoms with E-state index in [2.05, 4.69) is 68.4 Å². The summed E-state index contributed by atoms with van der Waals surface area (Å²) in [4.78, 5) is 0. The molecule has 0 spiro atoms. The SMILES string of the molecule is CC(C)=CCOC1C=C2C[N+]2(Cc2cc(C3(C)c4ccccc4Oc4ccccc43)no2)C1. The van der Waals surface area contributed by atoms with Crippen molar-refractivity contribution in [3.8, 4) is 11.5 Å². The van der Waals surface area contributed by atoms with Gasteiger partial charge in [0.15, 0.2) is 18.0 Å². The lowest BCUT2D eigenvalue weighted by Crippen LogP contribution is -2.31. The van der Waals surface area contributed by atoms with E-state index in [1.807, 2.05) is 24.3 Å². The van der Waals surface area contributed by atoms with Gasteiger partial charge in [0.25, 0.3) is 0 Å². The summed E-state index contributed by atoms with van der Waals surface area (Å²) in [6.45, 7) is 9.95. The maximum atomic E-state index is 6.20. The Hall–Kier alpha value is -3.15. The van der Waals surface area contributed by atoms with Gasteiger partial charge < -0.3 is 14.0 Å². The number of nitrogens with zero attached hydrogens (tertiary/aromatic N) is 2. The summed E-state index contributed by atoms with van der Waals surface area (Å²) in [5.41, 5.74) is 5.43. The molecule has 1 aromatic heterocycles. The van der Waals surface area contributed by atoms with Crippen LogP contribution in [0.5, 0.6) is 11.5 Å². The molecule has 2 aromatic carbocycles. The van der Waals surface area contributed by atoms with Gasteiger partial charge >= 0.3 is 0 Å². The summed E-state index contributed by atoms with van der Waals surface area (Å²) in [6.07, 6.45) is 4.61. The molecule has 5 heteroatoms. The Morgan fingerprint density at radius 1 is 1.12 bits per heavy atom. The summed E-state index contributed by atoms with van der Waals surface area (Å²) in [5, 5.41) is 4.59. The van der Waals surface area contributed by atoms with Gasteiger partial charge in [0.1, 0.15) is 30.7 Å². The van der Waals surface area contributed by atoms with E-state index in [0.29, 0.717) is 6.61 Å². The first kappa shape index (κ1) is 20.5. The minimum absolute atomic E-state index is 0.179. The standard InChI is InChI=1S/C28H29N2O3/c1-19(2)12-13-31-21-14-20-16-30(20,17-21)18-22-15-27(29-33-22)28(3)23-8-4-6-10-25(23)32-26-11-7-5-9-24(26)28/h4-12,14-15,21H,13,16-18H2,1-3H3/q+1. The number of benzene rings is 2. The van der Waals surface area contributed by atoms with Crippen LogP contribution in [0.4, 0.5) is 0 Å². The van der Waals surface area contributed by atoms with Gasteiger partial charge in [-0.15, -0.1) is 0 Å². The van der Waals surface area contributed by atoms with Crippen LogP contribution < -0.4 is 4.74 Å². The maximum Gasteiger partial charge on any atom is 0.191 e. The van der Waals surface area contributed by atoms with Crippen molar-refractivity contribution in [1.82, 2.24) is 5.16 Å². The van der Waals surface area contributed by atoms with Crippen LogP contribution in [0.1, 0.15) is 43.4 Å². The number of rotatable bonds is 6. The van der Waals surface area contributed by atoms with Gasteiger partial charge in [0.05, 0.1) is 17.7 Å². The summed E-state index contributed by atoms with van der Waals surface area (Å²) < 4.78 is 19.1. The fourth-order valence-corrected chi connectivity index (χ4v) is 5.34. The fraction of sp³-hybridized carbons (Fsp3) is 0.321. The molecule has 0 bridgehead atoms. The van der Waals surface area contributed by atoms with E-state index in [1.54, 1.807) is 0 Å². The Morgan fingerprint density at radius 2 is 1.82 bits per heavy atom. The van der Waals surface area contributed by atoms with Crippen LogP contribution >= 0.6 is 0 Å². The monoisotopic (exact) mass is 441 g/mol. The molecular formula is C28H29N2O3+. The highest BCUT2D eigenvalue weighted by molar-refractivity contribution is 5.61. The van der Waals surface area contributed by atoms with Crippen molar-refractivity contribution in [2.24, 2.45) is 0 Å². The first-order valence-electron chi connectivity index (χ1n) is 11.6. The maximum absolute atomic E-state index is 6.20. The van der Waals surface area contributed by atoms with Crippen LogP contribution in [0, 0.1) is 0 Å². The Morgan fingerprint density at radius 3 is 2.52 bits per heavy atom. The van der Waals surface area contributed by atoms with Gasteiger partial charge in [-0.1, -0.05) is 53.2 Å². The van der Waals surface area contributed by atoms with E-state index in [1.165, 1.54) is 11.3 Å². The number of hydrogen-bond donors (Lipinski definition) is 0. The number of hydrogen-bond acceptors (Lipinski definition) is 4. The molecule has 0 saturated carbocycles. The van der Waals surface area contributed by atoms with Crippen LogP contribution in [-0.4, -0.2) is 35.4 Å². The first-order chi connectivity index (χ1) is 16.0. The Bertz CT molecular complexity index is 1240. The molecule has 3 aliphatic heterocycles.